The summed E-state index contributed by atoms with van der Waals surface area (Å²) in [5, 5.41) is 2.90. The van der Waals surface area contributed by atoms with Gasteiger partial charge in [-0.2, -0.15) is 0 Å². The average molecular weight is 499 g/mol. The van der Waals surface area contributed by atoms with Gasteiger partial charge in [0.25, 0.3) is 5.91 Å². The maximum absolute atomic E-state index is 12.8. The van der Waals surface area contributed by atoms with Crippen molar-refractivity contribution < 1.29 is 22.7 Å². The lowest BCUT2D eigenvalue weighted by molar-refractivity contribution is 0.0939. The Bertz CT molecular complexity index is 1010. The van der Waals surface area contributed by atoms with Crippen LogP contribution in [0, 0.1) is 0 Å². The van der Waals surface area contributed by atoms with E-state index in [0.717, 1.165) is 9.87 Å². The van der Waals surface area contributed by atoms with Crippen LogP contribution in [0.5, 0.6) is 11.5 Å². The molecule has 0 spiro atoms. The number of rotatable bonds is 9. The highest BCUT2D eigenvalue weighted by Gasteiger charge is 2.23. The van der Waals surface area contributed by atoms with Crippen LogP contribution in [0.2, 0.25) is 0 Å². The number of hydrogen-bond acceptors (Lipinski definition) is 5. The highest BCUT2D eigenvalue weighted by Crippen LogP contribution is 2.31. The molecule has 164 valence electrons. The van der Waals surface area contributed by atoms with E-state index in [1.807, 2.05) is 39.0 Å². The Balaban J connectivity index is 2.27. The predicted octanol–water partition coefficient (Wildman–Crippen LogP) is 3.99. The van der Waals surface area contributed by atoms with E-state index in [1.165, 1.54) is 20.2 Å². The molecule has 1 N–H and O–H groups in total. The summed E-state index contributed by atoms with van der Waals surface area (Å²) in [5.74, 6) is 0.881. The fraction of sp³-hybridized carbons (Fsp3) is 0.381. The van der Waals surface area contributed by atoms with Gasteiger partial charge in [0.15, 0.2) is 11.5 Å². The molecule has 0 saturated carbocycles. The van der Waals surface area contributed by atoms with E-state index in [4.69, 9.17) is 9.47 Å². The monoisotopic (exact) mass is 498 g/mol. The molecule has 1 atom stereocenters. The van der Waals surface area contributed by atoms with Gasteiger partial charge < -0.3 is 14.8 Å². The summed E-state index contributed by atoms with van der Waals surface area (Å²) in [5.41, 5.74) is 1.09. The first-order chi connectivity index (χ1) is 14.1. The zero-order valence-electron chi connectivity index (χ0n) is 17.7. The highest BCUT2D eigenvalue weighted by atomic mass is 79.9. The van der Waals surface area contributed by atoms with Crippen LogP contribution >= 0.6 is 15.9 Å². The van der Waals surface area contributed by atoms with Crippen LogP contribution in [-0.4, -0.2) is 45.9 Å². The first kappa shape index (κ1) is 24.2. The number of carbonyl (C=O) groups is 1. The standard InChI is InChI=1S/C21H27BrN2O5S/c1-6-28-18-11-9-15(12-19(18)29-7-2)14(3)23-21(25)16-8-10-17(22)20(13-16)30(26,27)24(4)5/h8-14H,6-7H2,1-5H3,(H,23,25). The third-order valence-corrected chi connectivity index (χ3v) is 7.18. The minimum absolute atomic E-state index is 0.0347. The number of nitrogens with zero attached hydrogens (tertiary/aromatic N) is 1. The van der Waals surface area contributed by atoms with E-state index < -0.39 is 10.0 Å². The molecule has 0 radical (unpaired) electrons. The molecule has 0 bridgehead atoms. The molecule has 0 aromatic heterocycles. The molecule has 0 aliphatic carbocycles. The second-order valence-corrected chi connectivity index (χ2v) is 9.67. The number of halogens is 1. The Hall–Kier alpha value is -2.10. The fourth-order valence-corrected chi connectivity index (χ4v) is 4.58. The second kappa shape index (κ2) is 10.3. The van der Waals surface area contributed by atoms with Crippen molar-refractivity contribution in [3.8, 4) is 11.5 Å². The Labute approximate surface area is 186 Å². The van der Waals surface area contributed by atoms with Crippen LogP contribution in [0.3, 0.4) is 0 Å². The van der Waals surface area contributed by atoms with E-state index in [9.17, 15) is 13.2 Å². The van der Waals surface area contributed by atoms with Gasteiger partial charge in [-0.15, -0.1) is 0 Å². The van der Waals surface area contributed by atoms with E-state index >= 15 is 0 Å². The van der Waals surface area contributed by atoms with Crippen molar-refractivity contribution >= 4 is 31.9 Å². The average Bonchev–Trinajstić information content (AvgIpc) is 2.69. The molecule has 0 heterocycles. The zero-order valence-corrected chi connectivity index (χ0v) is 20.1. The molecule has 0 fully saturated rings. The molecule has 2 aromatic rings. The first-order valence-corrected chi connectivity index (χ1v) is 11.8. The van der Waals surface area contributed by atoms with Gasteiger partial charge in [-0.05, 0) is 72.6 Å². The van der Waals surface area contributed by atoms with Crippen LogP contribution in [0.1, 0.15) is 42.7 Å². The largest absolute Gasteiger partial charge is 0.490 e. The van der Waals surface area contributed by atoms with Gasteiger partial charge in [0, 0.05) is 24.1 Å². The van der Waals surface area contributed by atoms with Gasteiger partial charge in [-0.3, -0.25) is 4.79 Å². The molecule has 2 aromatic carbocycles. The fourth-order valence-electron chi connectivity index (χ4n) is 2.74. The smallest absolute Gasteiger partial charge is 0.251 e. The second-order valence-electron chi connectivity index (χ2n) is 6.70. The maximum atomic E-state index is 12.8. The summed E-state index contributed by atoms with van der Waals surface area (Å²) in [7, 11) is -0.805. The molecule has 0 saturated heterocycles. The Morgan fingerprint density at radius 1 is 1.07 bits per heavy atom. The molecule has 7 nitrogen and oxygen atoms in total. The summed E-state index contributed by atoms with van der Waals surface area (Å²) < 4.78 is 37.7. The number of nitrogens with one attached hydrogen (secondary N) is 1. The first-order valence-electron chi connectivity index (χ1n) is 9.54. The lowest BCUT2D eigenvalue weighted by Crippen LogP contribution is -2.27. The van der Waals surface area contributed by atoms with Crippen molar-refractivity contribution in [2.24, 2.45) is 0 Å². The minimum atomic E-state index is -3.69. The topological polar surface area (TPSA) is 84.9 Å². The Morgan fingerprint density at radius 3 is 2.30 bits per heavy atom. The molecule has 2 rings (SSSR count). The maximum Gasteiger partial charge on any atom is 0.251 e. The SMILES string of the molecule is CCOc1ccc(C(C)NC(=O)c2ccc(Br)c(S(=O)(=O)N(C)C)c2)cc1OCC. The van der Waals surface area contributed by atoms with Crippen LogP contribution in [0.25, 0.3) is 0 Å². The zero-order chi connectivity index (χ0) is 22.5. The number of hydrogen-bond donors (Lipinski definition) is 1. The number of amides is 1. The quantitative estimate of drug-likeness (QED) is 0.564. The van der Waals surface area contributed by atoms with Gasteiger partial charge in [-0.25, -0.2) is 12.7 Å². The lowest BCUT2D eigenvalue weighted by atomic mass is 10.1. The van der Waals surface area contributed by atoms with Crippen molar-refractivity contribution in [2.75, 3.05) is 27.3 Å². The number of sulfonamides is 1. The molecular weight excluding hydrogens is 472 g/mol. The third-order valence-electron chi connectivity index (χ3n) is 4.37. The molecule has 1 amide bonds. The van der Waals surface area contributed by atoms with E-state index in [2.05, 4.69) is 21.2 Å². The van der Waals surface area contributed by atoms with Crippen LogP contribution in [-0.2, 0) is 10.0 Å². The van der Waals surface area contributed by atoms with Gasteiger partial charge in [-0.1, -0.05) is 6.07 Å². The highest BCUT2D eigenvalue weighted by molar-refractivity contribution is 9.10. The van der Waals surface area contributed by atoms with Crippen molar-refractivity contribution in [1.29, 1.82) is 0 Å². The number of carbonyl (C=O) groups excluding carboxylic acids is 1. The number of ether oxygens (including phenoxy) is 2. The normalized spacial score (nSPS) is 12.5. The molecule has 1 unspecified atom stereocenters. The van der Waals surface area contributed by atoms with Crippen LogP contribution in [0.4, 0.5) is 0 Å². The molecule has 0 aliphatic heterocycles. The van der Waals surface area contributed by atoms with Gasteiger partial charge in [0.2, 0.25) is 10.0 Å². The van der Waals surface area contributed by atoms with Gasteiger partial charge in [0.05, 0.1) is 24.2 Å². The van der Waals surface area contributed by atoms with Crippen LogP contribution in [0.15, 0.2) is 45.8 Å². The molecular formula is C21H27BrN2O5S. The van der Waals surface area contributed by atoms with Crippen molar-refractivity contribution in [3.05, 3.63) is 52.0 Å². The summed E-state index contributed by atoms with van der Waals surface area (Å²) in [6.45, 7) is 6.65. The third kappa shape index (κ3) is 5.53. The lowest BCUT2D eigenvalue weighted by Gasteiger charge is -2.18. The minimum Gasteiger partial charge on any atom is -0.490 e. The Kier molecular flexibility index (Phi) is 8.28. The Morgan fingerprint density at radius 2 is 1.70 bits per heavy atom. The van der Waals surface area contributed by atoms with E-state index in [-0.39, 0.29) is 22.4 Å². The number of benzene rings is 2. The molecule has 0 aliphatic rings. The molecule has 30 heavy (non-hydrogen) atoms. The van der Waals surface area contributed by atoms with Gasteiger partial charge in [0.1, 0.15) is 0 Å². The predicted molar refractivity (Wildman–Crippen MR) is 120 cm³/mol. The van der Waals surface area contributed by atoms with Crippen molar-refractivity contribution in [1.82, 2.24) is 9.62 Å². The molecule has 9 heteroatoms. The van der Waals surface area contributed by atoms with Crippen molar-refractivity contribution in [2.45, 2.75) is 31.7 Å². The summed E-state index contributed by atoms with van der Waals surface area (Å²) in [6, 6.07) is 9.68. The summed E-state index contributed by atoms with van der Waals surface area (Å²) in [4.78, 5) is 12.8. The van der Waals surface area contributed by atoms with Crippen molar-refractivity contribution in [3.63, 3.8) is 0 Å². The summed E-state index contributed by atoms with van der Waals surface area (Å²) >= 11 is 3.25. The summed E-state index contributed by atoms with van der Waals surface area (Å²) in [6.07, 6.45) is 0. The van der Waals surface area contributed by atoms with Gasteiger partial charge >= 0.3 is 0 Å². The van der Waals surface area contributed by atoms with E-state index in [0.29, 0.717) is 29.2 Å². The van der Waals surface area contributed by atoms with E-state index in [1.54, 1.807) is 12.1 Å². The van der Waals surface area contributed by atoms with Crippen LogP contribution < -0.4 is 14.8 Å².